The van der Waals surface area contributed by atoms with Crippen LogP contribution in [0.15, 0.2) is 42.1 Å². The summed E-state index contributed by atoms with van der Waals surface area (Å²) in [6.45, 7) is 2.89. The molecule has 1 atom stereocenters. The summed E-state index contributed by atoms with van der Waals surface area (Å²) in [5.74, 6) is -4.04. The van der Waals surface area contributed by atoms with E-state index in [1.165, 1.54) is 43.1 Å². The quantitative estimate of drug-likeness (QED) is 0.785. The van der Waals surface area contributed by atoms with Gasteiger partial charge in [0.2, 0.25) is 0 Å². The number of benzene rings is 2. The Morgan fingerprint density at radius 2 is 1.77 bits per heavy atom. The van der Waals surface area contributed by atoms with Gasteiger partial charge in [0.05, 0.1) is 11.6 Å². The van der Waals surface area contributed by atoms with E-state index in [2.05, 4.69) is 5.32 Å². The zero-order valence-electron chi connectivity index (χ0n) is 16.5. The third kappa shape index (κ3) is 3.43. The second kappa shape index (κ2) is 7.67. The van der Waals surface area contributed by atoms with E-state index in [1.807, 2.05) is 0 Å². The molecule has 0 bridgehead atoms. The van der Waals surface area contributed by atoms with Crippen LogP contribution < -0.4 is 5.32 Å². The molecule has 1 unspecified atom stereocenters. The molecule has 8 heteroatoms. The Morgan fingerprint density at radius 3 is 2.37 bits per heavy atom. The second-order valence-corrected chi connectivity index (χ2v) is 7.29. The highest BCUT2D eigenvalue weighted by Gasteiger charge is 2.46. The maximum Gasteiger partial charge on any atom is 0.271 e. The van der Waals surface area contributed by atoms with Crippen LogP contribution in [0.1, 0.15) is 30.5 Å². The average molecular weight is 413 g/mol. The second-order valence-electron chi connectivity index (χ2n) is 7.29. The summed E-state index contributed by atoms with van der Waals surface area (Å²) < 4.78 is 41.3. The van der Waals surface area contributed by atoms with Gasteiger partial charge < -0.3 is 10.2 Å². The van der Waals surface area contributed by atoms with Crippen LogP contribution in [0.4, 0.5) is 13.2 Å². The summed E-state index contributed by atoms with van der Waals surface area (Å²) in [7, 11) is 1.42. The molecule has 1 saturated heterocycles. The van der Waals surface area contributed by atoms with E-state index in [0.717, 1.165) is 12.1 Å². The van der Waals surface area contributed by atoms with Crippen LogP contribution >= 0.6 is 0 Å². The predicted octanol–water partition coefficient (Wildman–Crippen LogP) is 3.30. The molecule has 30 heavy (non-hydrogen) atoms. The number of nitrogens with zero attached hydrogens (tertiary/aromatic N) is 2. The maximum absolute atomic E-state index is 14.4. The fraction of sp³-hybridized carbons (Fsp3) is 0.227. The van der Waals surface area contributed by atoms with Crippen molar-refractivity contribution in [3.63, 3.8) is 0 Å². The lowest BCUT2D eigenvalue weighted by atomic mass is 9.87. The number of nitriles is 1. The van der Waals surface area contributed by atoms with Crippen LogP contribution in [0.3, 0.4) is 0 Å². The summed E-state index contributed by atoms with van der Waals surface area (Å²) in [4.78, 5) is 27.2. The van der Waals surface area contributed by atoms with Crippen molar-refractivity contribution in [1.29, 1.82) is 5.26 Å². The molecule has 2 aromatic rings. The molecule has 0 spiro atoms. The van der Waals surface area contributed by atoms with Gasteiger partial charge in [0.25, 0.3) is 11.8 Å². The van der Waals surface area contributed by atoms with E-state index in [9.17, 15) is 28.0 Å². The minimum absolute atomic E-state index is 0.0578. The number of allylic oxidation sites excluding steroid dienone is 1. The molecule has 3 rings (SSSR count). The van der Waals surface area contributed by atoms with Gasteiger partial charge in [-0.1, -0.05) is 12.1 Å². The number of likely N-dealkylation sites (N-methyl/N-ethyl adjacent to an activating group) is 1. The maximum atomic E-state index is 14.4. The number of halogens is 3. The van der Waals surface area contributed by atoms with Crippen LogP contribution in [0.2, 0.25) is 0 Å². The number of nitrogens with one attached hydrogen (secondary N) is 1. The molecule has 1 aliphatic heterocycles. The highest BCUT2D eigenvalue weighted by atomic mass is 19.2. The molecule has 0 aromatic heterocycles. The molecule has 1 fully saturated rings. The number of carbonyl (C=O) groups excluding carboxylic acids is 2. The summed E-state index contributed by atoms with van der Waals surface area (Å²) >= 11 is 0. The smallest absolute Gasteiger partial charge is 0.271 e. The van der Waals surface area contributed by atoms with Crippen molar-refractivity contribution in [2.45, 2.75) is 25.8 Å². The van der Waals surface area contributed by atoms with Crippen molar-refractivity contribution in [2.24, 2.45) is 0 Å². The number of amides is 2. The van der Waals surface area contributed by atoms with Gasteiger partial charge >= 0.3 is 0 Å². The lowest BCUT2D eigenvalue weighted by Crippen LogP contribution is -2.64. The van der Waals surface area contributed by atoms with Crippen LogP contribution in [0, 0.1) is 28.8 Å². The number of piperazine rings is 1. The van der Waals surface area contributed by atoms with Crippen molar-refractivity contribution in [1.82, 2.24) is 10.2 Å². The van der Waals surface area contributed by atoms with E-state index in [0.29, 0.717) is 5.56 Å². The third-order valence-electron chi connectivity index (χ3n) is 5.41. The molecule has 0 radical (unpaired) electrons. The standard InChI is InChI=1S/C22H18F3N3O2/c1-12(17-14(11-26)6-9-16(24)18(17)25)19-20(29)28(3)22(2,21(30)27-19)10-13-4-7-15(23)8-5-13/h4-9H,10H2,1-3H3,(H,27,30). The first-order chi connectivity index (χ1) is 14.1. The predicted molar refractivity (Wildman–Crippen MR) is 103 cm³/mol. The molecule has 1 N–H and O–H groups in total. The highest BCUT2D eigenvalue weighted by Crippen LogP contribution is 2.31. The van der Waals surface area contributed by atoms with Gasteiger partial charge in [-0.05, 0) is 49.2 Å². The van der Waals surface area contributed by atoms with Crippen molar-refractivity contribution in [3.8, 4) is 6.07 Å². The first-order valence-corrected chi connectivity index (χ1v) is 9.03. The Hall–Kier alpha value is -3.60. The highest BCUT2D eigenvalue weighted by molar-refractivity contribution is 6.10. The van der Waals surface area contributed by atoms with E-state index in [1.54, 1.807) is 13.0 Å². The molecule has 154 valence electrons. The lowest BCUT2D eigenvalue weighted by molar-refractivity contribution is -0.147. The largest absolute Gasteiger partial charge is 0.326 e. The Bertz CT molecular complexity index is 1120. The van der Waals surface area contributed by atoms with Gasteiger partial charge in [0.15, 0.2) is 11.6 Å². The fourth-order valence-corrected chi connectivity index (χ4v) is 3.43. The Morgan fingerprint density at radius 1 is 1.13 bits per heavy atom. The van der Waals surface area contributed by atoms with Crippen molar-refractivity contribution in [3.05, 3.63) is 76.2 Å². The van der Waals surface area contributed by atoms with Crippen molar-refractivity contribution < 1.29 is 22.8 Å². The SMILES string of the molecule is CC(=C1NC(=O)C(C)(Cc2ccc(F)cc2)N(C)C1=O)c1c(C#N)ccc(F)c1F. The van der Waals surface area contributed by atoms with Crippen LogP contribution in [0.25, 0.3) is 5.57 Å². The molecule has 1 heterocycles. The summed E-state index contributed by atoms with van der Waals surface area (Å²) in [6, 6.07) is 9.24. The fourth-order valence-electron chi connectivity index (χ4n) is 3.43. The zero-order valence-corrected chi connectivity index (χ0v) is 16.5. The van der Waals surface area contributed by atoms with Gasteiger partial charge in [-0.25, -0.2) is 13.2 Å². The van der Waals surface area contributed by atoms with Crippen LogP contribution in [-0.2, 0) is 16.0 Å². The van der Waals surface area contributed by atoms with E-state index in [4.69, 9.17) is 0 Å². The third-order valence-corrected chi connectivity index (χ3v) is 5.41. The van der Waals surface area contributed by atoms with Gasteiger partial charge in [-0.15, -0.1) is 0 Å². The monoisotopic (exact) mass is 413 g/mol. The van der Waals surface area contributed by atoms with E-state index < -0.39 is 34.8 Å². The molecule has 0 saturated carbocycles. The Labute approximate surface area is 171 Å². The topological polar surface area (TPSA) is 73.2 Å². The van der Waals surface area contributed by atoms with Crippen molar-refractivity contribution >= 4 is 17.4 Å². The normalized spacial score (nSPS) is 20.6. The average Bonchev–Trinajstić information content (AvgIpc) is 2.72. The minimum atomic E-state index is -1.29. The van der Waals surface area contributed by atoms with Gasteiger partial charge in [0, 0.05) is 19.0 Å². The Balaban J connectivity index is 2.04. The number of rotatable bonds is 3. The summed E-state index contributed by atoms with van der Waals surface area (Å²) in [5.41, 5.74) is -1.49. The van der Waals surface area contributed by atoms with Crippen molar-refractivity contribution in [2.75, 3.05) is 7.05 Å². The minimum Gasteiger partial charge on any atom is -0.326 e. The first kappa shape index (κ1) is 21.1. The lowest BCUT2D eigenvalue weighted by Gasteiger charge is -2.42. The summed E-state index contributed by atoms with van der Waals surface area (Å²) in [6.07, 6.45) is 0.117. The molecular formula is C22H18F3N3O2. The number of hydrogen-bond donors (Lipinski definition) is 1. The first-order valence-electron chi connectivity index (χ1n) is 9.03. The summed E-state index contributed by atoms with van der Waals surface area (Å²) in [5, 5.41) is 11.7. The van der Waals surface area contributed by atoms with Gasteiger partial charge in [0.1, 0.15) is 17.1 Å². The number of hydrogen-bond acceptors (Lipinski definition) is 3. The van der Waals surface area contributed by atoms with Crippen LogP contribution in [-0.4, -0.2) is 29.3 Å². The van der Waals surface area contributed by atoms with Gasteiger partial charge in [-0.3, -0.25) is 9.59 Å². The van der Waals surface area contributed by atoms with E-state index >= 15 is 0 Å². The zero-order chi connectivity index (χ0) is 22.2. The molecule has 0 aliphatic carbocycles. The van der Waals surface area contributed by atoms with E-state index in [-0.39, 0.29) is 28.8 Å². The molecular weight excluding hydrogens is 395 g/mol. The Kier molecular flexibility index (Phi) is 5.40. The molecule has 5 nitrogen and oxygen atoms in total. The molecule has 2 aromatic carbocycles. The molecule has 1 aliphatic rings. The molecule has 2 amide bonds. The number of carbonyl (C=O) groups is 2. The van der Waals surface area contributed by atoms with Crippen LogP contribution in [0.5, 0.6) is 0 Å². The van der Waals surface area contributed by atoms with Gasteiger partial charge in [-0.2, -0.15) is 5.26 Å².